The van der Waals surface area contributed by atoms with Gasteiger partial charge in [-0.05, 0) is 17.5 Å². The van der Waals surface area contributed by atoms with Crippen molar-refractivity contribution in [3.8, 4) is 0 Å². The average molecular weight is 283 g/mol. The van der Waals surface area contributed by atoms with Crippen molar-refractivity contribution >= 4 is 45.3 Å². The van der Waals surface area contributed by atoms with Crippen LogP contribution in [0.1, 0.15) is 0 Å². The second-order valence-corrected chi connectivity index (χ2v) is 5.49. The number of benzene rings is 2. The van der Waals surface area contributed by atoms with Crippen LogP contribution in [0.15, 0.2) is 24.3 Å². The minimum atomic E-state index is 0.734. The molecule has 0 aromatic heterocycles. The van der Waals surface area contributed by atoms with E-state index in [1.54, 1.807) is 0 Å². The van der Waals surface area contributed by atoms with E-state index in [-0.39, 0.29) is 0 Å². The quantitative estimate of drug-likeness (QED) is 0.811. The Bertz CT molecular complexity index is 543. The zero-order valence-corrected chi connectivity index (χ0v) is 12.5. The number of fused-ring (bicyclic) bond motifs is 1. The second kappa shape index (κ2) is 4.87. The normalized spacial score (nSPS) is 10.8. The summed E-state index contributed by atoms with van der Waals surface area (Å²) in [6.45, 7) is 0. The lowest BCUT2D eigenvalue weighted by molar-refractivity contribution is 1.12. The molecule has 0 saturated heterocycles. The SMILES string of the molecule is CN(C)c1c(Cl)ccc2ccc(Cl)c(N(C)C)c12. The van der Waals surface area contributed by atoms with Gasteiger partial charge in [0.1, 0.15) is 0 Å². The monoisotopic (exact) mass is 282 g/mol. The van der Waals surface area contributed by atoms with Crippen LogP contribution in [0.25, 0.3) is 10.8 Å². The van der Waals surface area contributed by atoms with Gasteiger partial charge < -0.3 is 9.80 Å². The third-order valence-corrected chi connectivity index (χ3v) is 3.54. The molecule has 2 aromatic rings. The van der Waals surface area contributed by atoms with Crippen LogP contribution in [0.3, 0.4) is 0 Å². The Morgan fingerprint density at radius 2 is 1.11 bits per heavy atom. The van der Waals surface area contributed by atoms with Crippen molar-refractivity contribution in [3.63, 3.8) is 0 Å². The lowest BCUT2D eigenvalue weighted by Crippen LogP contribution is -2.14. The Kier molecular flexibility index (Phi) is 3.60. The van der Waals surface area contributed by atoms with Crippen LogP contribution in [-0.4, -0.2) is 28.2 Å². The van der Waals surface area contributed by atoms with Crippen LogP contribution in [0.5, 0.6) is 0 Å². The zero-order chi connectivity index (χ0) is 13.4. The van der Waals surface area contributed by atoms with Crippen molar-refractivity contribution in [2.24, 2.45) is 0 Å². The predicted molar refractivity (Wildman–Crippen MR) is 82.6 cm³/mol. The molecule has 18 heavy (non-hydrogen) atoms. The van der Waals surface area contributed by atoms with Crippen LogP contribution < -0.4 is 9.80 Å². The molecular formula is C14H16Cl2N2. The van der Waals surface area contributed by atoms with Crippen LogP contribution >= 0.6 is 23.2 Å². The molecule has 2 rings (SSSR count). The third kappa shape index (κ3) is 2.11. The van der Waals surface area contributed by atoms with Gasteiger partial charge in [0.25, 0.3) is 0 Å². The Morgan fingerprint density at radius 3 is 1.44 bits per heavy atom. The first-order chi connectivity index (χ1) is 8.43. The summed E-state index contributed by atoms with van der Waals surface area (Å²) in [5, 5.41) is 3.69. The van der Waals surface area contributed by atoms with Gasteiger partial charge in [-0.3, -0.25) is 0 Å². The summed E-state index contributed by atoms with van der Waals surface area (Å²) in [4.78, 5) is 4.04. The van der Waals surface area contributed by atoms with Crippen molar-refractivity contribution in [2.75, 3.05) is 38.0 Å². The summed E-state index contributed by atoms with van der Waals surface area (Å²) >= 11 is 12.6. The van der Waals surface area contributed by atoms with Crippen LogP contribution in [-0.2, 0) is 0 Å². The average Bonchev–Trinajstić information content (AvgIpc) is 2.27. The molecule has 0 N–H and O–H groups in total. The van der Waals surface area contributed by atoms with Crippen LogP contribution in [0, 0.1) is 0 Å². The first kappa shape index (κ1) is 13.3. The Hall–Kier alpha value is -1.12. The van der Waals surface area contributed by atoms with Gasteiger partial charge in [-0.1, -0.05) is 35.3 Å². The van der Waals surface area contributed by atoms with E-state index in [1.165, 1.54) is 0 Å². The summed E-state index contributed by atoms with van der Waals surface area (Å²) in [7, 11) is 7.95. The van der Waals surface area contributed by atoms with Crippen molar-refractivity contribution < 1.29 is 0 Å². The minimum Gasteiger partial charge on any atom is -0.376 e. The molecule has 0 radical (unpaired) electrons. The highest BCUT2D eigenvalue weighted by molar-refractivity contribution is 6.38. The number of hydrogen-bond donors (Lipinski definition) is 0. The molecule has 0 saturated carbocycles. The first-order valence-corrected chi connectivity index (χ1v) is 6.44. The maximum Gasteiger partial charge on any atom is 0.0651 e. The van der Waals surface area contributed by atoms with Crippen molar-refractivity contribution in [2.45, 2.75) is 0 Å². The Balaban J connectivity index is 2.97. The van der Waals surface area contributed by atoms with E-state index in [0.29, 0.717) is 0 Å². The van der Waals surface area contributed by atoms with E-state index in [9.17, 15) is 0 Å². The maximum absolute atomic E-state index is 6.32. The molecule has 4 heteroatoms. The molecule has 0 atom stereocenters. The van der Waals surface area contributed by atoms with Crippen molar-refractivity contribution in [3.05, 3.63) is 34.3 Å². The van der Waals surface area contributed by atoms with Gasteiger partial charge in [-0.15, -0.1) is 0 Å². The molecule has 0 aliphatic rings. The topological polar surface area (TPSA) is 6.48 Å². The molecule has 0 unspecified atom stereocenters. The van der Waals surface area contributed by atoms with Gasteiger partial charge in [0.2, 0.25) is 0 Å². The molecule has 2 nitrogen and oxygen atoms in total. The fourth-order valence-corrected chi connectivity index (χ4v) is 2.86. The molecule has 2 aromatic carbocycles. The lowest BCUT2D eigenvalue weighted by Gasteiger charge is -2.23. The number of anilines is 2. The van der Waals surface area contributed by atoms with Gasteiger partial charge in [0.05, 0.1) is 21.4 Å². The molecule has 96 valence electrons. The fraction of sp³-hybridized carbons (Fsp3) is 0.286. The fourth-order valence-electron chi connectivity index (χ4n) is 2.20. The largest absolute Gasteiger partial charge is 0.376 e. The lowest BCUT2D eigenvalue weighted by atomic mass is 10.1. The highest BCUT2D eigenvalue weighted by atomic mass is 35.5. The van der Waals surface area contributed by atoms with Gasteiger partial charge >= 0.3 is 0 Å². The van der Waals surface area contributed by atoms with Crippen molar-refractivity contribution in [1.82, 2.24) is 0 Å². The van der Waals surface area contributed by atoms with E-state index >= 15 is 0 Å². The van der Waals surface area contributed by atoms with Crippen LogP contribution in [0.2, 0.25) is 10.0 Å². The second-order valence-electron chi connectivity index (χ2n) is 4.68. The molecule has 0 bridgehead atoms. The van der Waals surface area contributed by atoms with Gasteiger partial charge in [-0.25, -0.2) is 0 Å². The molecular weight excluding hydrogens is 267 g/mol. The molecule has 0 spiro atoms. The van der Waals surface area contributed by atoms with Gasteiger partial charge in [0.15, 0.2) is 0 Å². The van der Waals surface area contributed by atoms with Crippen molar-refractivity contribution in [1.29, 1.82) is 0 Å². The first-order valence-electron chi connectivity index (χ1n) is 5.69. The van der Waals surface area contributed by atoms with E-state index in [1.807, 2.05) is 62.3 Å². The standard InChI is InChI=1S/C14H16Cl2N2/c1-17(2)13-10(15)7-5-9-6-8-11(16)14(12(9)13)18(3)4/h5-8H,1-4H3. The molecule has 0 amide bonds. The number of hydrogen-bond acceptors (Lipinski definition) is 2. The van der Waals surface area contributed by atoms with E-state index in [4.69, 9.17) is 23.2 Å². The number of halogens is 2. The molecule has 0 aliphatic heterocycles. The van der Waals surface area contributed by atoms with Gasteiger partial charge in [-0.2, -0.15) is 0 Å². The van der Waals surface area contributed by atoms with Crippen LogP contribution in [0.4, 0.5) is 11.4 Å². The Labute approximate surface area is 118 Å². The molecule has 0 heterocycles. The summed E-state index contributed by atoms with van der Waals surface area (Å²) in [5.41, 5.74) is 2.00. The number of rotatable bonds is 2. The maximum atomic E-state index is 6.32. The highest BCUT2D eigenvalue weighted by Crippen LogP contribution is 2.42. The third-order valence-electron chi connectivity index (χ3n) is 2.93. The summed E-state index contributed by atoms with van der Waals surface area (Å²) < 4.78 is 0. The minimum absolute atomic E-state index is 0.734. The van der Waals surface area contributed by atoms with E-state index in [2.05, 4.69) is 0 Å². The molecule has 0 aliphatic carbocycles. The summed E-state index contributed by atoms with van der Waals surface area (Å²) in [6, 6.07) is 7.89. The molecule has 0 fully saturated rings. The highest BCUT2D eigenvalue weighted by Gasteiger charge is 2.15. The number of nitrogens with zero attached hydrogens (tertiary/aromatic N) is 2. The van der Waals surface area contributed by atoms with Gasteiger partial charge in [0, 0.05) is 33.6 Å². The summed E-state index contributed by atoms with van der Waals surface area (Å²) in [6.07, 6.45) is 0. The summed E-state index contributed by atoms with van der Waals surface area (Å²) in [5.74, 6) is 0. The Morgan fingerprint density at radius 1 is 0.722 bits per heavy atom. The smallest absolute Gasteiger partial charge is 0.0651 e. The van der Waals surface area contributed by atoms with E-state index < -0.39 is 0 Å². The predicted octanol–water partition coefficient (Wildman–Crippen LogP) is 4.28. The zero-order valence-electron chi connectivity index (χ0n) is 11.0. The van der Waals surface area contributed by atoms with E-state index in [0.717, 1.165) is 32.2 Å².